The number of nitrogens with zero attached hydrogens (tertiary/aromatic N) is 2. The molecule has 0 aromatic carbocycles. The summed E-state index contributed by atoms with van der Waals surface area (Å²) in [5.41, 5.74) is -10.6. The third-order valence-corrected chi connectivity index (χ3v) is 9.18. The minimum absolute atomic E-state index is 0.244. The second-order valence-corrected chi connectivity index (χ2v) is 12.5. The predicted octanol–water partition coefficient (Wildman–Crippen LogP) is 3.24. The van der Waals surface area contributed by atoms with Gasteiger partial charge in [0, 0.05) is 26.2 Å². The lowest BCUT2D eigenvalue weighted by atomic mass is 10.1. The van der Waals surface area contributed by atoms with Crippen molar-refractivity contribution in [3.63, 3.8) is 0 Å². The smallest absolute Gasteiger partial charge is 0.317 e. The second-order valence-electron chi connectivity index (χ2n) is 8.48. The van der Waals surface area contributed by atoms with Crippen molar-refractivity contribution in [1.29, 1.82) is 0 Å². The van der Waals surface area contributed by atoms with Gasteiger partial charge in [-0.15, -0.1) is 0 Å². The van der Waals surface area contributed by atoms with Crippen LogP contribution in [0.3, 0.4) is 0 Å². The highest BCUT2D eigenvalue weighted by atomic mass is 32.2. The largest absolute Gasteiger partial charge is 0.511 e. The Morgan fingerprint density at radius 3 is 1.17 bits per heavy atom. The number of unbranched alkanes of at least 4 members (excludes halogenated alkanes) is 4. The van der Waals surface area contributed by atoms with E-state index in [1.807, 2.05) is 0 Å². The van der Waals surface area contributed by atoms with Crippen molar-refractivity contribution in [1.82, 2.24) is 19.2 Å². The van der Waals surface area contributed by atoms with Gasteiger partial charge in [-0.05, 0) is 65.7 Å². The number of alkyl halides is 6. The molecule has 0 bridgehead atoms. The zero-order chi connectivity index (χ0) is 27.5. The average molecular weight is 565 g/mol. The molecule has 35 heavy (non-hydrogen) atoms. The molecule has 0 heterocycles. The molecule has 0 aromatic rings. The fourth-order valence-corrected chi connectivity index (χ4v) is 4.88. The van der Waals surface area contributed by atoms with E-state index in [-0.39, 0.29) is 12.8 Å². The fourth-order valence-electron chi connectivity index (χ4n) is 3.07. The van der Waals surface area contributed by atoms with Crippen LogP contribution in [0.1, 0.15) is 58.8 Å². The summed E-state index contributed by atoms with van der Waals surface area (Å²) in [6.45, 7) is 4.94. The molecule has 0 fully saturated rings. The minimum Gasteiger partial charge on any atom is -0.317 e. The summed E-state index contributed by atoms with van der Waals surface area (Å²) in [5, 5.41) is 6.17. The highest BCUT2D eigenvalue weighted by Crippen LogP contribution is 2.28. The molecule has 0 aromatic heterocycles. The SMILES string of the molecule is C[C@H](CCNCCCCCCCNCC[C@@H](C)N(C)S(=O)(=O)C(F)(F)F)N(C)S(=O)(=O)C(F)(F)F. The van der Waals surface area contributed by atoms with Crippen LogP contribution in [0.4, 0.5) is 26.3 Å². The van der Waals surface area contributed by atoms with Crippen molar-refractivity contribution >= 4 is 20.0 Å². The molecule has 0 radical (unpaired) electrons. The van der Waals surface area contributed by atoms with Crippen molar-refractivity contribution in [2.75, 3.05) is 40.3 Å². The molecule has 0 saturated carbocycles. The maximum Gasteiger partial charge on any atom is 0.511 e. The summed E-state index contributed by atoms with van der Waals surface area (Å²) in [6.07, 6.45) is 5.02. The summed E-state index contributed by atoms with van der Waals surface area (Å²) >= 11 is 0. The summed E-state index contributed by atoms with van der Waals surface area (Å²) in [4.78, 5) is 0. The van der Waals surface area contributed by atoms with Crippen molar-refractivity contribution in [3.05, 3.63) is 0 Å². The zero-order valence-electron chi connectivity index (χ0n) is 20.5. The van der Waals surface area contributed by atoms with Crippen LogP contribution in [0.2, 0.25) is 0 Å². The molecule has 8 nitrogen and oxygen atoms in total. The Labute approximate surface area is 204 Å². The average Bonchev–Trinajstić information content (AvgIpc) is 2.73. The van der Waals surface area contributed by atoms with E-state index in [1.165, 1.54) is 13.8 Å². The molecule has 0 spiro atoms. The van der Waals surface area contributed by atoms with Gasteiger partial charge in [0.05, 0.1) is 0 Å². The highest BCUT2D eigenvalue weighted by molar-refractivity contribution is 7.90. The van der Waals surface area contributed by atoms with Gasteiger partial charge in [-0.3, -0.25) is 0 Å². The predicted molar refractivity (Wildman–Crippen MR) is 122 cm³/mol. The normalized spacial score (nSPS) is 15.7. The summed E-state index contributed by atoms with van der Waals surface area (Å²) in [7, 11) is -8.82. The molecule has 16 heteroatoms. The van der Waals surface area contributed by atoms with Crippen LogP contribution in [0.15, 0.2) is 0 Å². The van der Waals surface area contributed by atoms with Gasteiger partial charge in [0.1, 0.15) is 0 Å². The lowest BCUT2D eigenvalue weighted by Gasteiger charge is -2.25. The molecule has 0 aliphatic carbocycles. The second kappa shape index (κ2) is 14.9. The number of sulfonamides is 2. The van der Waals surface area contributed by atoms with Crippen LogP contribution in [0.5, 0.6) is 0 Å². The number of hydrogen-bond acceptors (Lipinski definition) is 6. The van der Waals surface area contributed by atoms with Gasteiger partial charge < -0.3 is 10.6 Å². The maximum absolute atomic E-state index is 12.6. The van der Waals surface area contributed by atoms with E-state index in [2.05, 4.69) is 10.6 Å². The fraction of sp³-hybridized carbons (Fsp3) is 1.00. The molecular formula is C19H38F6N4O4S2. The number of rotatable bonds is 18. The lowest BCUT2D eigenvalue weighted by Crippen LogP contribution is -2.43. The number of halogens is 6. The van der Waals surface area contributed by atoms with E-state index in [0.717, 1.165) is 46.2 Å². The van der Waals surface area contributed by atoms with E-state index < -0.39 is 43.1 Å². The Kier molecular flexibility index (Phi) is 14.6. The van der Waals surface area contributed by atoms with Crippen molar-refractivity contribution in [2.24, 2.45) is 0 Å². The first kappa shape index (κ1) is 34.3. The zero-order valence-corrected chi connectivity index (χ0v) is 22.2. The molecule has 0 aliphatic rings. The quantitative estimate of drug-likeness (QED) is 0.196. The Morgan fingerprint density at radius 1 is 0.600 bits per heavy atom. The summed E-state index contributed by atoms with van der Waals surface area (Å²) < 4.78 is 121. The number of nitrogens with one attached hydrogen (secondary N) is 2. The Hall–Kier alpha value is -0.680. The van der Waals surface area contributed by atoms with E-state index in [1.54, 1.807) is 0 Å². The molecule has 0 amide bonds. The van der Waals surface area contributed by atoms with Crippen LogP contribution < -0.4 is 10.6 Å². The topological polar surface area (TPSA) is 98.8 Å². The first-order valence-electron chi connectivity index (χ1n) is 11.4. The van der Waals surface area contributed by atoms with Gasteiger partial charge >= 0.3 is 31.1 Å². The van der Waals surface area contributed by atoms with Crippen LogP contribution in [0.25, 0.3) is 0 Å². The van der Waals surface area contributed by atoms with Gasteiger partial charge in [-0.1, -0.05) is 19.3 Å². The minimum atomic E-state index is -5.33. The standard InChI is InChI=1S/C19H38F6N4O4S2/c1-16(28(3)34(30,31)18(20,21)22)10-14-26-12-8-6-5-7-9-13-27-15-11-17(2)29(4)35(32,33)19(23,24)25/h16-17,26-27H,5-15H2,1-4H3/t16-,17-/m1/s1. The molecule has 2 N–H and O–H groups in total. The van der Waals surface area contributed by atoms with E-state index in [4.69, 9.17) is 0 Å². The van der Waals surface area contributed by atoms with Crippen LogP contribution in [-0.4, -0.2) is 88.8 Å². The molecule has 0 unspecified atom stereocenters. The van der Waals surface area contributed by atoms with Crippen LogP contribution in [0, 0.1) is 0 Å². The van der Waals surface area contributed by atoms with E-state index in [9.17, 15) is 43.2 Å². The Balaban J connectivity index is 3.79. The van der Waals surface area contributed by atoms with Gasteiger partial charge in [0.25, 0.3) is 0 Å². The third kappa shape index (κ3) is 11.5. The van der Waals surface area contributed by atoms with Gasteiger partial charge in [0.15, 0.2) is 0 Å². The molecular weight excluding hydrogens is 526 g/mol. The maximum atomic E-state index is 12.6. The first-order chi connectivity index (χ1) is 15.9. The van der Waals surface area contributed by atoms with Crippen molar-refractivity contribution in [3.8, 4) is 0 Å². The van der Waals surface area contributed by atoms with Gasteiger partial charge in [0.2, 0.25) is 0 Å². The van der Waals surface area contributed by atoms with Crippen molar-refractivity contribution in [2.45, 2.75) is 81.9 Å². The van der Waals surface area contributed by atoms with E-state index in [0.29, 0.717) is 34.8 Å². The Morgan fingerprint density at radius 2 is 0.886 bits per heavy atom. The third-order valence-electron chi connectivity index (χ3n) is 5.77. The molecule has 0 rings (SSSR count). The van der Waals surface area contributed by atoms with Crippen molar-refractivity contribution < 1.29 is 43.2 Å². The highest BCUT2D eigenvalue weighted by Gasteiger charge is 2.50. The first-order valence-corrected chi connectivity index (χ1v) is 14.3. The summed E-state index contributed by atoms with van der Waals surface area (Å²) in [6, 6.07) is -1.59. The number of hydrogen-bond donors (Lipinski definition) is 2. The molecule has 212 valence electrons. The van der Waals surface area contributed by atoms with Crippen LogP contribution >= 0.6 is 0 Å². The van der Waals surface area contributed by atoms with Gasteiger partial charge in [-0.2, -0.15) is 35.0 Å². The molecule has 0 aliphatic heterocycles. The van der Waals surface area contributed by atoms with Crippen LogP contribution in [-0.2, 0) is 20.0 Å². The molecule has 2 atom stereocenters. The summed E-state index contributed by atoms with van der Waals surface area (Å²) in [5.74, 6) is 0. The van der Waals surface area contributed by atoms with E-state index >= 15 is 0 Å². The Bertz CT molecular complexity index is 741. The monoisotopic (exact) mass is 564 g/mol. The molecule has 0 saturated heterocycles. The lowest BCUT2D eigenvalue weighted by molar-refractivity contribution is -0.0497. The van der Waals surface area contributed by atoms with Gasteiger partial charge in [-0.25, -0.2) is 16.8 Å².